The van der Waals surface area contributed by atoms with Gasteiger partial charge in [0, 0.05) is 25.4 Å². The van der Waals surface area contributed by atoms with Crippen LogP contribution in [0, 0.1) is 5.92 Å². The summed E-state index contributed by atoms with van der Waals surface area (Å²) in [6.45, 7) is 0.821. The maximum atomic E-state index is 12.4. The van der Waals surface area contributed by atoms with Crippen LogP contribution < -0.4 is 10.6 Å². The maximum absolute atomic E-state index is 12.4. The minimum absolute atomic E-state index is 0.0111. The minimum atomic E-state index is -4.37. The Labute approximate surface area is 180 Å². The quantitative estimate of drug-likeness (QED) is 0.511. The molecule has 3 aromatic heterocycles. The maximum Gasteiger partial charge on any atom is 0.389 e. The monoisotopic (exact) mass is 450 g/mol. The summed E-state index contributed by atoms with van der Waals surface area (Å²) >= 11 is 0. The number of hydrogen-bond donors (Lipinski definition) is 2. The van der Waals surface area contributed by atoms with Crippen molar-refractivity contribution in [2.45, 2.75) is 51.5 Å². The standard InChI is InChI=1S/C19H21F3N8O2/c20-19(21,22)5-3-15(31)23-7-13-4-6-29-10-14(28-18(29)27-13)8-24-17(32)16-25-11-26-30(16)9-12-1-2-12/h4,6,10-12H,1-3,5,7-9H2,(H,23,31)(H,24,32). The average molecular weight is 450 g/mol. The third-order valence-corrected chi connectivity index (χ3v) is 4.91. The number of nitrogens with one attached hydrogen (secondary N) is 2. The highest BCUT2D eigenvalue weighted by molar-refractivity contribution is 5.90. The predicted octanol–water partition coefficient (Wildman–Crippen LogP) is 1.62. The molecule has 32 heavy (non-hydrogen) atoms. The van der Waals surface area contributed by atoms with Crippen LogP contribution in [0.5, 0.6) is 0 Å². The molecule has 3 heterocycles. The smallest absolute Gasteiger partial charge is 0.350 e. The Morgan fingerprint density at radius 3 is 2.62 bits per heavy atom. The van der Waals surface area contributed by atoms with E-state index in [1.807, 2.05) is 0 Å². The van der Waals surface area contributed by atoms with Crippen molar-refractivity contribution in [3.63, 3.8) is 0 Å². The van der Waals surface area contributed by atoms with Gasteiger partial charge in [-0.25, -0.2) is 19.6 Å². The molecule has 4 rings (SSSR count). The molecule has 3 aromatic rings. The number of fused-ring (bicyclic) bond motifs is 1. The van der Waals surface area contributed by atoms with Crippen LogP contribution in [0.15, 0.2) is 24.8 Å². The van der Waals surface area contributed by atoms with E-state index in [2.05, 4.69) is 30.7 Å². The van der Waals surface area contributed by atoms with Gasteiger partial charge in [-0.2, -0.15) is 18.3 Å². The second-order valence-corrected chi connectivity index (χ2v) is 7.64. The second-order valence-electron chi connectivity index (χ2n) is 7.64. The van der Waals surface area contributed by atoms with Gasteiger partial charge in [0.1, 0.15) is 6.33 Å². The first-order chi connectivity index (χ1) is 15.3. The lowest BCUT2D eigenvalue weighted by Gasteiger charge is -2.07. The molecule has 0 spiro atoms. The van der Waals surface area contributed by atoms with Crippen LogP contribution in [0.2, 0.25) is 0 Å². The minimum Gasteiger partial charge on any atom is -0.350 e. The number of nitrogens with zero attached hydrogens (tertiary/aromatic N) is 6. The molecule has 2 amide bonds. The summed E-state index contributed by atoms with van der Waals surface area (Å²) in [6, 6.07) is 1.63. The van der Waals surface area contributed by atoms with Crippen molar-refractivity contribution in [1.29, 1.82) is 0 Å². The number of alkyl halides is 3. The van der Waals surface area contributed by atoms with Gasteiger partial charge in [-0.05, 0) is 24.8 Å². The third kappa shape index (κ3) is 5.80. The van der Waals surface area contributed by atoms with Crippen LogP contribution in [-0.2, 0) is 24.4 Å². The first-order valence-corrected chi connectivity index (χ1v) is 10.1. The Morgan fingerprint density at radius 2 is 1.88 bits per heavy atom. The Bertz CT molecular complexity index is 1120. The van der Waals surface area contributed by atoms with Crippen molar-refractivity contribution in [3.8, 4) is 0 Å². The van der Waals surface area contributed by atoms with E-state index < -0.39 is 24.9 Å². The fourth-order valence-electron chi connectivity index (χ4n) is 3.04. The fraction of sp³-hybridized carbons (Fsp3) is 0.474. The predicted molar refractivity (Wildman–Crippen MR) is 104 cm³/mol. The highest BCUT2D eigenvalue weighted by Crippen LogP contribution is 2.30. The summed E-state index contributed by atoms with van der Waals surface area (Å²) in [4.78, 5) is 36.6. The molecular formula is C19H21F3N8O2. The van der Waals surface area contributed by atoms with Crippen LogP contribution in [0.1, 0.15) is 47.7 Å². The van der Waals surface area contributed by atoms with Crippen LogP contribution >= 0.6 is 0 Å². The highest BCUT2D eigenvalue weighted by atomic mass is 19.4. The number of imidazole rings is 1. The van der Waals surface area contributed by atoms with Crippen LogP contribution in [0.3, 0.4) is 0 Å². The Kier molecular flexibility index (Phi) is 6.06. The largest absolute Gasteiger partial charge is 0.389 e. The second kappa shape index (κ2) is 8.93. The van der Waals surface area contributed by atoms with Crippen LogP contribution in [-0.4, -0.2) is 47.1 Å². The van der Waals surface area contributed by atoms with Gasteiger partial charge in [-0.3, -0.25) is 14.0 Å². The molecule has 0 aliphatic heterocycles. The van der Waals surface area contributed by atoms with Gasteiger partial charge in [0.05, 0.1) is 30.9 Å². The molecule has 0 bridgehead atoms. The molecule has 0 radical (unpaired) electrons. The van der Waals surface area contributed by atoms with Crippen molar-refractivity contribution < 1.29 is 22.8 Å². The first kappa shape index (κ1) is 21.7. The van der Waals surface area contributed by atoms with E-state index in [0.29, 0.717) is 29.6 Å². The van der Waals surface area contributed by atoms with Gasteiger partial charge in [0.25, 0.3) is 5.91 Å². The van der Waals surface area contributed by atoms with E-state index in [9.17, 15) is 22.8 Å². The number of amides is 2. The van der Waals surface area contributed by atoms with Crippen molar-refractivity contribution in [1.82, 2.24) is 39.8 Å². The number of halogens is 3. The molecule has 0 atom stereocenters. The summed E-state index contributed by atoms with van der Waals surface area (Å²) in [5.74, 6) is 0.0904. The van der Waals surface area contributed by atoms with Gasteiger partial charge >= 0.3 is 6.18 Å². The molecule has 0 unspecified atom stereocenters. The number of carbonyl (C=O) groups is 2. The average Bonchev–Trinajstić information content (AvgIpc) is 3.28. The van der Waals surface area contributed by atoms with E-state index in [1.54, 1.807) is 27.5 Å². The van der Waals surface area contributed by atoms with E-state index in [4.69, 9.17) is 0 Å². The highest BCUT2D eigenvalue weighted by Gasteiger charge is 2.28. The lowest BCUT2D eigenvalue weighted by molar-refractivity contribution is -0.144. The van der Waals surface area contributed by atoms with Crippen molar-refractivity contribution in [2.75, 3.05) is 0 Å². The van der Waals surface area contributed by atoms with Crippen molar-refractivity contribution >= 4 is 17.6 Å². The molecule has 0 saturated heterocycles. The van der Waals surface area contributed by atoms with Gasteiger partial charge < -0.3 is 10.6 Å². The summed E-state index contributed by atoms with van der Waals surface area (Å²) in [5.41, 5.74) is 1.01. The molecular weight excluding hydrogens is 429 g/mol. The third-order valence-electron chi connectivity index (χ3n) is 4.91. The van der Waals surface area contributed by atoms with E-state index in [1.165, 1.54) is 6.33 Å². The summed E-state index contributed by atoms with van der Waals surface area (Å²) in [5, 5.41) is 9.27. The number of carbonyl (C=O) groups excluding carboxylic acids is 2. The number of aromatic nitrogens is 6. The van der Waals surface area contributed by atoms with Crippen molar-refractivity contribution in [3.05, 3.63) is 42.0 Å². The lowest BCUT2D eigenvalue weighted by Crippen LogP contribution is -2.27. The summed E-state index contributed by atoms with van der Waals surface area (Å²) < 4.78 is 39.8. The van der Waals surface area contributed by atoms with E-state index in [0.717, 1.165) is 12.8 Å². The summed E-state index contributed by atoms with van der Waals surface area (Å²) in [6.07, 6.45) is 0.819. The topological polar surface area (TPSA) is 119 Å². The number of hydrogen-bond acceptors (Lipinski definition) is 6. The SMILES string of the molecule is O=C(CCC(F)(F)F)NCc1ccn2cc(CNC(=O)c3ncnn3CC3CC3)nc2n1. The molecule has 10 nitrogen and oxygen atoms in total. The molecule has 1 aliphatic carbocycles. The first-order valence-electron chi connectivity index (χ1n) is 10.1. The number of rotatable bonds is 9. The zero-order valence-electron chi connectivity index (χ0n) is 17.0. The fourth-order valence-corrected chi connectivity index (χ4v) is 3.04. The normalized spacial score (nSPS) is 14.0. The zero-order chi connectivity index (χ0) is 22.7. The molecule has 13 heteroatoms. The molecule has 170 valence electrons. The zero-order valence-corrected chi connectivity index (χ0v) is 17.0. The van der Waals surface area contributed by atoms with Gasteiger partial charge in [-0.15, -0.1) is 0 Å². The van der Waals surface area contributed by atoms with Crippen LogP contribution in [0.25, 0.3) is 5.78 Å². The van der Waals surface area contributed by atoms with Gasteiger partial charge in [0.2, 0.25) is 17.5 Å². The van der Waals surface area contributed by atoms with Gasteiger partial charge in [0.15, 0.2) is 0 Å². The molecule has 1 saturated carbocycles. The molecule has 1 fully saturated rings. The van der Waals surface area contributed by atoms with Crippen LogP contribution in [0.4, 0.5) is 13.2 Å². The van der Waals surface area contributed by atoms with E-state index in [-0.39, 0.29) is 24.8 Å². The Balaban J connectivity index is 1.31. The molecule has 0 aromatic carbocycles. The Morgan fingerprint density at radius 1 is 1.12 bits per heavy atom. The molecule has 1 aliphatic rings. The summed E-state index contributed by atoms with van der Waals surface area (Å²) in [7, 11) is 0. The lowest BCUT2D eigenvalue weighted by atomic mass is 10.3. The molecule has 2 N–H and O–H groups in total. The van der Waals surface area contributed by atoms with Gasteiger partial charge in [-0.1, -0.05) is 0 Å². The van der Waals surface area contributed by atoms with E-state index >= 15 is 0 Å². The van der Waals surface area contributed by atoms with Crippen molar-refractivity contribution in [2.24, 2.45) is 5.92 Å². The Hall–Kier alpha value is -3.51.